The molecule has 1 aromatic rings. The molecule has 1 heterocycles. The van der Waals surface area contributed by atoms with E-state index in [4.69, 9.17) is 9.26 Å². The van der Waals surface area contributed by atoms with Gasteiger partial charge >= 0.3 is 6.09 Å². The molecule has 1 atom stereocenters. The standard InChI is InChI=1S/C17H27N2O4P/c1-6-22-24(5)15-11-13(10-14(12-20)19-15)8-7-9-18-16(21)23-17(2,3)4/h7-8,10-11,20H,6,9,12H2,1-5H3,(H,18,21)/b8-7+. The molecule has 0 bridgehead atoms. The molecule has 0 fully saturated rings. The fourth-order valence-corrected chi connectivity index (χ4v) is 2.96. The minimum Gasteiger partial charge on any atom is -0.444 e. The number of aromatic nitrogens is 1. The number of alkyl carbamates (subject to hydrolysis) is 1. The van der Waals surface area contributed by atoms with E-state index >= 15 is 0 Å². The topological polar surface area (TPSA) is 80.7 Å². The van der Waals surface area contributed by atoms with Gasteiger partial charge in [-0.1, -0.05) is 12.2 Å². The Balaban J connectivity index is 2.69. The van der Waals surface area contributed by atoms with E-state index in [1.54, 1.807) is 0 Å². The summed E-state index contributed by atoms with van der Waals surface area (Å²) in [6, 6.07) is 3.74. The number of aliphatic hydroxyl groups excluding tert-OH is 1. The van der Waals surface area contributed by atoms with Crippen LogP contribution in [0.4, 0.5) is 4.79 Å². The Morgan fingerprint density at radius 2 is 2.12 bits per heavy atom. The second-order valence-electron chi connectivity index (χ2n) is 6.11. The van der Waals surface area contributed by atoms with Gasteiger partial charge in [0, 0.05) is 13.2 Å². The van der Waals surface area contributed by atoms with Gasteiger partial charge in [-0.3, -0.25) is 0 Å². The summed E-state index contributed by atoms with van der Waals surface area (Å²) in [5, 5.41) is 12.0. The average molecular weight is 354 g/mol. The largest absolute Gasteiger partial charge is 0.444 e. The van der Waals surface area contributed by atoms with Gasteiger partial charge in [0.2, 0.25) is 0 Å². The number of ether oxygens (including phenoxy) is 1. The van der Waals surface area contributed by atoms with Crippen LogP contribution in [0, 0.1) is 0 Å². The molecule has 0 aliphatic carbocycles. The molecule has 0 aromatic carbocycles. The highest BCUT2D eigenvalue weighted by molar-refractivity contribution is 7.59. The van der Waals surface area contributed by atoms with Gasteiger partial charge < -0.3 is 19.7 Å². The Bertz CT molecular complexity index is 570. The van der Waals surface area contributed by atoms with E-state index in [9.17, 15) is 9.90 Å². The first-order valence-corrected chi connectivity index (χ1v) is 9.57. The van der Waals surface area contributed by atoms with E-state index < -0.39 is 19.8 Å². The van der Waals surface area contributed by atoms with E-state index in [1.165, 1.54) is 0 Å². The van der Waals surface area contributed by atoms with Crippen LogP contribution in [0.1, 0.15) is 39.0 Å². The lowest BCUT2D eigenvalue weighted by Gasteiger charge is -2.19. The molecule has 24 heavy (non-hydrogen) atoms. The summed E-state index contributed by atoms with van der Waals surface area (Å²) in [6.07, 6.45) is 3.24. The van der Waals surface area contributed by atoms with Crippen LogP contribution in [0.15, 0.2) is 18.2 Å². The quantitative estimate of drug-likeness (QED) is 0.736. The number of pyridine rings is 1. The zero-order chi connectivity index (χ0) is 18.2. The molecule has 2 N–H and O–H groups in total. The molecule has 1 aromatic heterocycles. The molecule has 0 aliphatic rings. The van der Waals surface area contributed by atoms with E-state index in [-0.39, 0.29) is 6.61 Å². The summed E-state index contributed by atoms with van der Waals surface area (Å²) in [5.74, 6) is 0. The Labute approximate surface area is 145 Å². The first-order chi connectivity index (χ1) is 11.2. The summed E-state index contributed by atoms with van der Waals surface area (Å²) in [6.45, 7) is 10.2. The molecular formula is C17H27N2O4P. The van der Waals surface area contributed by atoms with Gasteiger partial charge in [0.05, 0.1) is 25.9 Å². The molecule has 1 rings (SSSR count). The molecule has 6 nitrogen and oxygen atoms in total. The third kappa shape index (κ3) is 7.86. The molecule has 0 aliphatic heterocycles. The summed E-state index contributed by atoms with van der Waals surface area (Å²) in [4.78, 5) is 16.0. The number of hydrogen-bond donors (Lipinski definition) is 2. The van der Waals surface area contributed by atoms with Crippen molar-refractivity contribution in [1.29, 1.82) is 0 Å². The fraction of sp³-hybridized carbons (Fsp3) is 0.529. The van der Waals surface area contributed by atoms with Crippen molar-refractivity contribution in [3.05, 3.63) is 29.5 Å². The summed E-state index contributed by atoms with van der Waals surface area (Å²) < 4.78 is 10.8. The van der Waals surface area contributed by atoms with Gasteiger partial charge in [-0.2, -0.15) is 0 Å². The average Bonchev–Trinajstić information content (AvgIpc) is 2.49. The first kappa shape index (κ1) is 20.6. The van der Waals surface area contributed by atoms with Crippen LogP contribution in [0.5, 0.6) is 0 Å². The van der Waals surface area contributed by atoms with Crippen molar-refractivity contribution in [2.24, 2.45) is 0 Å². The van der Waals surface area contributed by atoms with E-state index in [2.05, 4.69) is 10.3 Å². The predicted molar refractivity (Wildman–Crippen MR) is 97.5 cm³/mol. The van der Waals surface area contributed by atoms with Gasteiger partial charge in [-0.15, -0.1) is 0 Å². The number of carbonyl (C=O) groups excluding carboxylic acids is 1. The van der Waals surface area contributed by atoms with Gasteiger partial charge in [0.1, 0.15) is 5.60 Å². The van der Waals surface area contributed by atoms with Gasteiger partial charge in [0.15, 0.2) is 0 Å². The van der Waals surface area contributed by atoms with Gasteiger partial charge in [-0.25, -0.2) is 9.78 Å². The number of carbonyl (C=O) groups is 1. The first-order valence-electron chi connectivity index (χ1n) is 7.87. The molecule has 0 radical (unpaired) electrons. The Morgan fingerprint density at radius 3 is 2.71 bits per heavy atom. The van der Waals surface area contributed by atoms with Crippen LogP contribution in [-0.2, 0) is 15.9 Å². The minimum atomic E-state index is -0.804. The maximum absolute atomic E-state index is 11.6. The van der Waals surface area contributed by atoms with Crippen LogP contribution in [-0.4, -0.2) is 41.6 Å². The highest BCUT2D eigenvalue weighted by atomic mass is 31.1. The SMILES string of the molecule is CCOP(C)c1cc(/C=C/CNC(=O)OC(C)(C)C)cc(CO)n1. The molecule has 134 valence electrons. The van der Waals surface area contributed by atoms with Crippen LogP contribution in [0.2, 0.25) is 0 Å². The Morgan fingerprint density at radius 1 is 1.42 bits per heavy atom. The van der Waals surface area contributed by atoms with Crippen LogP contribution in [0.25, 0.3) is 6.08 Å². The molecule has 0 saturated carbocycles. The number of nitrogens with zero attached hydrogens (tertiary/aromatic N) is 1. The van der Waals surface area contributed by atoms with Crippen LogP contribution < -0.4 is 10.8 Å². The second kappa shape index (κ2) is 9.72. The Hall–Kier alpha value is -1.49. The smallest absolute Gasteiger partial charge is 0.407 e. The van der Waals surface area contributed by atoms with E-state index in [0.717, 1.165) is 11.0 Å². The fourth-order valence-electron chi connectivity index (χ4n) is 1.84. The third-order valence-corrected chi connectivity index (χ3v) is 4.29. The normalized spacial score (nSPS) is 13.1. The van der Waals surface area contributed by atoms with Gasteiger partial charge in [0.25, 0.3) is 0 Å². The molecule has 0 spiro atoms. The van der Waals surface area contributed by atoms with Crippen LogP contribution in [0.3, 0.4) is 0 Å². The van der Waals surface area contributed by atoms with Crippen molar-refractivity contribution in [1.82, 2.24) is 10.3 Å². The predicted octanol–water partition coefficient (Wildman–Crippen LogP) is 2.80. The minimum absolute atomic E-state index is 0.125. The number of nitrogens with one attached hydrogen (secondary N) is 1. The highest BCUT2D eigenvalue weighted by Gasteiger charge is 2.15. The van der Waals surface area contributed by atoms with Crippen molar-refractivity contribution < 1.29 is 19.2 Å². The lowest BCUT2D eigenvalue weighted by Crippen LogP contribution is -2.32. The maximum atomic E-state index is 11.6. The zero-order valence-electron chi connectivity index (χ0n) is 15.0. The molecule has 0 saturated heterocycles. The van der Waals surface area contributed by atoms with Crippen molar-refractivity contribution >= 4 is 25.8 Å². The van der Waals surface area contributed by atoms with Gasteiger partial charge in [-0.05, 0) is 52.1 Å². The highest BCUT2D eigenvalue weighted by Crippen LogP contribution is 2.30. The number of hydrogen-bond acceptors (Lipinski definition) is 5. The van der Waals surface area contributed by atoms with Crippen LogP contribution >= 0.6 is 8.15 Å². The van der Waals surface area contributed by atoms with E-state index in [0.29, 0.717) is 18.8 Å². The van der Waals surface area contributed by atoms with Crippen molar-refractivity contribution in [3.8, 4) is 0 Å². The summed E-state index contributed by atoms with van der Waals surface area (Å²) >= 11 is 0. The molecular weight excluding hydrogens is 327 g/mol. The zero-order valence-corrected chi connectivity index (χ0v) is 15.9. The number of amides is 1. The van der Waals surface area contributed by atoms with Crippen molar-refractivity contribution in [2.45, 2.75) is 39.9 Å². The lowest BCUT2D eigenvalue weighted by atomic mass is 10.2. The summed E-state index contributed by atoms with van der Waals surface area (Å²) in [7, 11) is -0.804. The van der Waals surface area contributed by atoms with Crippen molar-refractivity contribution in [2.75, 3.05) is 19.8 Å². The summed E-state index contributed by atoms with van der Waals surface area (Å²) in [5.41, 5.74) is 1.82. The molecule has 1 unspecified atom stereocenters. The monoisotopic (exact) mass is 354 g/mol. The second-order valence-corrected chi connectivity index (χ2v) is 7.82. The molecule has 1 amide bonds. The lowest BCUT2D eigenvalue weighted by molar-refractivity contribution is 0.0534. The number of aliphatic hydroxyl groups is 1. The van der Waals surface area contributed by atoms with E-state index in [1.807, 2.05) is 58.6 Å². The third-order valence-electron chi connectivity index (χ3n) is 2.77. The Kier molecular flexibility index (Phi) is 8.32. The van der Waals surface area contributed by atoms with Crippen molar-refractivity contribution in [3.63, 3.8) is 0 Å². The maximum Gasteiger partial charge on any atom is 0.407 e. The molecule has 7 heteroatoms. The number of rotatable bonds is 7.